The van der Waals surface area contributed by atoms with Gasteiger partial charge in [0.1, 0.15) is 5.41 Å². The Hall–Kier alpha value is -0.430. The second kappa shape index (κ2) is 5.06. The van der Waals surface area contributed by atoms with Crippen LogP contribution in [0.1, 0.15) is 4.88 Å². The maximum atomic E-state index is 12.2. The molecule has 1 amide bonds. The van der Waals surface area contributed by atoms with Crippen LogP contribution in [0.5, 0.6) is 0 Å². The molecule has 0 atom stereocenters. The smallest absolute Gasteiger partial charge is 0.234 e. The fourth-order valence-electron chi connectivity index (χ4n) is 1.82. The Morgan fingerprint density at radius 3 is 2.82 bits per heavy atom. The van der Waals surface area contributed by atoms with Crippen molar-refractivity contribution in [1.29, 1.82) is 0 Å². The molecule has 1 aromatic heterocycles. The lowest BCUT2D eigenvalue weighted by molar-refractivity contribution is -0.169. The summed E-state index contributed by atoms with van der Waals surface area (Å²) in [7, 11) is 1.81. The van der Waals surface area contributed by atoms with Gasteiger partial charge in [-0.3, -0.25) is 4.79 Å². The van der Waals surface area contributed by atoms with Gasteiger partial charge < -0.3 is 15.4 Å². The Kier molecular flexibility index (Phi) is 3.87. The minimum absolute atomic E-state index is 0.0794. The van der Waals surface area contributed by atoms with Crippen LogP contribution in [0.25, 0.3) is 0 Å². The molecule has 6 heteroatoms. The summed E-state index contributed by atoms with van der Waals surface area (Å²) in [6, 6.07) is 2.03. The number of halogens is 1. The van der Waals surface area contributed by atoms with Crippen LogP contribution in [-0.4, -0.2) is 37.6 Å². The van der Waals surface area contributed by atoms with E-state index >= 15 is 0 Å². The molecule has 0 spiro atoms. The Labute approximate surface area is 113 Å². The van der Waals surface area contributed by atoms with Crippen LogP contribution >= 0.6 is 27.3 Å². The molecule has 1 aliphatic heterocycles. The van der Waals surface area contributed by atoms with Crippen molar-refractivity contribution in [3.05, 3.63) is 20.8 Å². The van der Waals surface area contributed by atoms with Gasteiger partial charge in [-0.25, -0.2) is 0 Å². The Balaban J connectivity index is 2.00. The highest BCUT2D eigenvalue weighted by Crippen LogP contribution is 2.29. The van der Waals surface area contributed by atoms with Crippen LogP contribution < -0.4 is 5.73 Å². The second-order valence-electron chi connectivity index (χ2n) is 4.37. The average molecular weight is 319 g/mol. The van der Waals surface area contributed by atoms with Crippen molar-refractivity contribution in [2.75, 3.05) is 26.8 Å². The number of carbonyl (C=O) groups excluding carboxylic acids is 1. The summed E-state index contributed by atoms with van der Waals surface area (Å²) in [4.78, 5) is 15.1. The van der Waals surface area contributed by atoms with Gasteiger partial charge in [0.2, 0.25) is 5.91 Å². The number of ether oxygens (including phenoxy) is 1. The molecule has 2 N–H and O–H groups in total. The molecule has 0 bridgehead atoms. The summed E-state index contributed by atoms with van der Waals surface area (Å²) in [6.07, 6.45) is 0. The van der Waals surface area contributed by atoms with Crippen molar-refractivity contribution < 1.29 is 9.53 Å². The maximum Gasteiger partial charge on any atom is 0.234 e. The van der Waals surface area contributed by atoms with E-state index < -0.39 is 5.41 Å². The highest BCUT2D eigenvalue weighted by atomic mass is 79.9. The van der Waals surface area contributed by atoms with Crippen molar-refractivity contribution in [2.45, 2.75) is 6.54 Å². The lowest BCUT2D eigenvalue weighted by atomic mass is 9.84. The maximum absolute atomic E-state index is 12.2. The van der Waals surface area contributed by atoms with E-state index in [9.17, 15) is 4.79 Å². The van der Waals surface area contributed by atoms with Crippen LogP contribution in [0.3, 0.4) is 0 Å². The molecule has 2 rings (SSSR count). The molecule has 0 aliphatic carbocycles. The van der Waals surface area contributed by atoms with Crippen LogP contribution in [0, 0.1) is 5.41 Å². The molecule has 1 aliphatic rings. The molecule has 0 saturated carbocycles. The number of thiophene rings is 1. The molecule has 4 nitrogen and oxygen atoms in total. The third-order valence-electron chi connectivity index (χ3n) is 2.96. The van der Waals surface area contributed by atoms with Crippen molar-refractivity contribution >= 4 is 33.2 Å². The van der Waals surface area contributed by atoms with Gasteiger partial charge in [-0.1, -0.05) is 0 Å². The van der Waals surface area contributed by atoms with Crippen LogP contribution in [-0.2, 0) is 16.1 Å². The molecule has 0 aromatic carbocycles. The zero-order valence-electron chi connectivity index (χ0n) is 9.61. The number of hydrogen-bond donors (Lipinski definition) is 1. The number of nitrogens with zero attached hydrogens (tertiary/aromatic N) is 1. The van der Waals surface area contributed by atoms with Crippen molar-refractivity contribution in [3.63, 3.8) is 0 Å². The first-order valence-electron chi connectivity index (χ1n) is 5.34. The van der Waals surface area contributed by atoms with Gasteiger partial charge >= 0.3 is 0 Å². The molecule has 1 aromatic rings. The van der Waals surface area contributed by atoms with E-state index in [0.29, 0.717) is 26.3 Å². The second-order valence-corrected chi connectivity index (χ2v) is 6.28. The van der Waals surface area contributed by atoms with Crippen molar-refractivity contribution in [3.8, 4) is 0 Å². The van der Waals surface area contributed by atoms with Crippen molar-refractivity contribution in [2.24, 2.45) is 11.1 Å². The number of hydrogen-bond acceptors (Lipinski definition) is 4. The highest BCUT2D eigenvalue weighted by molar-refractivity contribution is 9.10. The Morgan fingerprint density at radius 1 is 1.71 bits per heavy atom. The van der Waals surface area contributed by atoms with E-state index in [-0.39, 0.29) is 5.91 Å². The first kappa shape index (κ1) is 13.0. The van der Waals surface area contributed by atoms with E-state index in [1.54, 1.807) is 16.2 Å². The van der Waals surface area contributed by atoms with Gasteiger partial charge in [-0.2, -0.15) is 0 Å². The highest BCUT2D eigenvalue weighted by Gasteiger charge is 2.46. The molecule has 1 fully saturated rings. The molecule has 17 heavy (non-hydrogen) atoms. The van der Waals surface area contributed by atoms with Crippen LogP contribution in [0.4, 0.5) is 0 Å². The third-order valence-corrected chi connectivity index (χ3v) is 4.64. The quantitative estimate of drug-likeness (QED) is 0.914. The van der Waals surface area contributed by atoms with E-state index in [4.69, 9.17) is 10.5 Å². The van der Waals surface area contributed by atoms with Gasteiger partial charge in [0.15, 0.2) is 0 Å². The third kappa shape index (κ3) is 2.54. The first-order chi connectivity index (χ1) is 8.07. The molecular weight excluding hydrogens is 304 g/mol. The predicted molar refractivity (Wildman–Crippen MR) is 70.8 cm³/mol. The normalized spacial score (nSPS) is 17.6. The number of rotatable bonds is 4. The first-order valence-corrected chi connectivity index (χ1v) is 7.01. The summed E-state index contributed by atoms with van der Waals surface area (Å²) in [5.41, 5.74) is 5.19. The Bertz CT molecular complexity index is 412. The minimum Gasteiger partial charge on any atom is -0.379 e. The monoisotopic (exact) mass is 318 g/mol. The van der Waals surface area contributed by atoms with E-state index in [0.717, 1.165) is 9.35 Å². The Morgan fingerprint density at radius 2 is 2.41 bits per heavy atom. The average Bonchev–Trinajstić information content (AvgIpc) is 2.63. The van der Waals surface area contributed by atoms with Crippen molar-refractivity contribution in [1.82, 2.24) is 4.90 Å². The van der Waals surface area contributed by atoms with Gasteiger partial charge in [0.25, 0.3) is 0 Å². The summed E-state index contributed by atoms with van der Waals surface area (Å²) < 4.78 is 6.18. The lowest BCUT2D eigenvalue weighted by Crippen LogP contribution is -2.58. The van der Waals surface area contributed by atoms with E-state index in [2.05, 4.69) is 15.9 Å². The predicted octanol–water partition coefficient (Wildman–Crippen LogP) is 1.44. The molecule has 2 heterocycles. The molecule has 0 radical (unpaired) electrons. The van der Waals surface area contributed by atoms with Crippen LogP contribution in [0.15, 0.2) is 15.9 Å². The van der Waals surface area contributed by atoms with Gasteiger partial charge in [0, 0.05) is 28.3 Å². The SMILES string of the molecule is CN(Cc1cc(Br)cs1)C(=O)C1(CN)COC1. The standard InChI is InChI=1S/C11H15BrN2O2S/c1-14(3-9-2-8(12)4-17-9)10(15)11(5-13)6-16-7-11/h2,4H,3,5-7,13H2,1H3. The van der Waals surface area contributed by atoms with Gasteiger partial charge in [-0.15, -0.1) is 11.3 Å². The summed E-state index contributed by atoms with van der Waals surface area (Å²) in [5, 5.41) is 2.01. The lowest BCUT2D eigenvalue weighted by Gasteiger charge is -2.41. The summed E-state index contributed by atoms with van der Waals surface area (Å²) in [6.45, 7) is 1.86. The molecule has 1 saturated heterocycles. The number of carbonyl (C=O) groups is 1. The topological polar surface area (TPSA) is 55.6 Å². The number of amides is 1. The van der Waals surface area contributed by atoms with Crippen LogP contribution in [0.2, 0.25) is 0 Å². The molecular formula is C11H15BrN2O2S. The molecule has 0 unspecified atom stereocenters. The number of nitrogens with two attached hydrogens (primary N) is 1. The minimum atomic E-state index is -0.483. The fraction of sp³-hybridized carbons (Fsp3) is 0.545. The van der Waals surface area contributed by atoms with Gasteiger partial charge in [0.05, 0.1) is 19.8 Å². The largest absolute Gasteiger partial charge is 0.379 e. The van der Waals surface area contributed by atoms with E-state index in [1.807, 2.05) is 18.5 Å². The zero-order chi connectivity index (χ0) is 12.5. The molecule has 94 valence electrons. The van der Waals surface area contributed by atoms with Gasteiger partial charge in [-0.05, 0) is 22.0 Å². The summed E-state index contributed by atoms with van der Waals surface area (Å²) >= 11 is 5.04. The summed E-state index contributed by atoms with van der Waals surface area (Å²) in [5.74, 6) is 0.0794. The van der Waals surface area contributed by atoms with E-state index in [1.165, 1.54) is 0 Å². The zero-order valence-corrected chi connectivity index (χ0v) is 12.0. The fourth-order valence-corrected chi connectivity index (χ4v) is 3.33.